The number of rotatable bonds is 3. The first-order valence-electron chi connectivity index (χ1n) is 7.50. The topological polar surface area (TPSA) is 23.5 Å². The molecule has 2 aromatic rings. The lowest BCUT2D eigenvalue weighted by atomic mass is 9.98. The van der Waals surface area contributed by atoms with E-state index in [-0.39, 0.29) is 12.1 Å². The fourth-order valence-electron chi connectivity index (χ4n) is 3.00. The summed E-state index contributed by atoms with van der Waals surface area (Å²) >= 11 is 0. The molecule has 0 saturated carbocycles. The van der Waals surface area contributed by atoms with Gasteiger partial charge in [0.2, 0.25) is 0 Å². The summed E-state index contributed by atoms with van der Waals surface area (Å²) in [5, 5.41) is 10.6. The van der Waals surface area contributed by atoms with Gasteiger partial charge in [0.05, 0.1) is 12.1 Å². The van der Waals surface area contributed by atoms with E-state index in [1.54, 1.807) is 0 Å². The number of benzene rings is 2. The van der Waals surface area contributed by atoms with E-state index in [0.717, 1.165) is 13.1 Å². The molecule has 3 rings (SSSR count). The van der Waals surface area contributed by atoms with Crippen molar-refractivity contribution in [2.75, 3.05) is 6.54 Å². The van der Waals surface area contributed by atoms with Gasteiger partial charge in [-0.05, 0) is 17.5 Å². The Balaban J connectivity index is 1.88. The van der Waals surface area contributed by atoms with Gasteiger partial charge in [0, 0.05) is 13.1 Å². The fraction of sp³-hybridized carbons (Fsp3) is 0.263. The van der Waals surface area contributed by atoms with Crippen LogP contribution >= 0.6 is 0 Å². The van der Waals surface area contributed by atoms with Crippen LogP contribution in [0.5, 0.6) is 0 Å². The predicted molar refractivity (Wildman–Crippen MR) is 85.8 cm³/mol. The maximum Gasteiger partial charge on any atom is 0.0771 e. The molecule has 0 fully saturated rings. The van der Waals surface area contributed by atoms with Crippen LogP contribution in [0, 0.1) is 0 Å². The molecule has 108 valence electrons. The SMILES string of the molecule is O[C@H]1CC=CCN(Cc2ccccc2)[C@@H]1c1ccccc1. The van der Waals surface area contributed by atoms with Gasteiger partial charge in [-0.15, -0.1) is 0 Å². The quantitative estimate of drug-likeness (QED) is 0.869. The summed E-state index contributed by atoms with van der Waals surface area (Å²) < 4.78 is 0. The van der Waals surface area contributed by atoms with Crippen LogP contribution in [0.25, 0.3) is 0 Å². The fourth-order valence-corrected chi connectivity index (χ4v) is 3.00. The van der Waals surface area contributed by atoms with Crippen LogP contribution in [0.15, 0.2) is 72.8 Å². The van der Waals surface area contributed by atoms with Gasteiger partial charge < -0.3 is 5.11 Å². The van der Waals surface area contributed by atoms with E-state index in [0.29, 0.717) is 6.42 Å². The minimum absolute atomic E-state index is 0.0430. The van der Waals surface area contributed by atoms with Crippen LogP contribution < -0.4 is 0 Å². The molecule has 0 aliphatic carbocycles. The Morgan fingerprint density at radius 2 is 1.57 bits per heavy atom. The van der Waals surface area contributed by atoms with Gasteiger partial charge in [-0.3, -0.25) is 4.90 Å². The molecule has 2 nitrogen and oxygen atoms in total. The molecule has 1 aliphatic rings. The van der Waals surface area contributed by atoms with Gasteiger partial charge in [-0.1, -0.05) is 72.8 Å². The van der Waals surface area contributed by atoms with Crippen molar-refractivity contribution in [2.45, 2.75) is 25.1 Å². The Morgan fingerprint density at radius 3 is 2.29 bits per heavy atom. The molecule has 21 heavy (non-hydrogen) atoms. The molecule has 0 unspecified atom stereocenters. The summed E-state index contributed by atoms with van der Waals surface area (Å²) in [6, 6.07) is 20.8. The number of aliphatic hydroxyl groups is 1. The zero-order chi connectivity index (χ0) is 14.5. The maximum atomic E-state index is 10.6. The number of nitrogens with zero attached hydrogens (tertiary/aromatic N) is 1. The Kier molecular flexibility index (Phi) is 4.49. The maximum absolute atomic E-state index is 10.6. The van der Waals surface area contributed by atoms with E-state index in [2.05, 4.69) is 53.5 Å². The van der Waals surface area contributed by atoms with Crippen molar-refractivity contribution in [1.29, 1.82) is 0 Å². The minimum Gasteiger partial charge on any atom is -0.391 e. The van der Waals surface area contributed by atoms with Crippen molar-refractivity contribution in [3.8, 4) is 0 Å². The molecule has 2 heteroatoms. The largest absolute Gasteiger partial charge is 0.391 e. The standard InChI is InChI=1S/C19H21NO/c21-18-13-7-8-14-20(15-16-9-3-1-4-10-16)19(18)17-11-5-2-6-12-17/h1-12,18-19,21H,13-15H2/t18-,19+/m0/s1. The molecular weight excluding hydrogens is 258 g/mol. The van der Waals surface area contributed by atoms with Crippen molar-refractivity contribution in [1.82, 2.24) is 4.90 Å². The first-order chi connectivity index (χ1) is 10.3. The average Bonchev–Trinajstić information content (AvgIpc) is 2.71. The lowest BCUT2D eigenvalue weighted by Crippen LogP contribution is -2.35. The normalized spacial score (nSPS) is 22.9. The number of aliphatic hydroxyl groups excluding tert-OH is 1. The van der Waals surface area contributed by atoms with Gasteiger partial charge in [0.25, 0.3) is 0 Å². The van der Waals surface area contributed by atoms with E-state index >= 15 is 0 Å². The van der Waals surface area contributed by atoms with Crippen LogP contribution in [0.1, 0.15) is 23.6 Å². The molecule has 1 aliphatic heterocycles. The second-order valence-electron chi connectivity index (χ2n) is 5.55. The molecule has 0 radical (unpaired) electrons. The Labute approximate surface area is 126 Å². The van der Waals surface area contributed by atoms with E-state index < -0.39 is 0 Å². The predicted octanol–water partition coefficient (Wildman–Crippen LogP) is 3.55. The second kappa shape index (κ2) is 6.70. The van der Waals surface area contributed by atoms with Crippen molar-refractivity contribution < 1.29 is 5.11 Å². The Bertz CT molecular complexity index is 579. The summed E-state index contributed by atoms with van der Waals surface area (Å²) in [7, 11) is 0. The van der Waals surface area contributed by atoms with E-state index in [1.807, 2.05) is 24.3 Å². The van der Waals surface area contributed by atoms with E-state index in [9.17, 15) is 5.11 Å². The van der Waals surface area contributed by atoms with Gasteiger partial charge in [-0.25, -0.2) is 0 Å². The van der Waals surface area contributed by atoms with E-state index in [1.165, 1.54) is 11.1 Å². The molecule has 2 atom stereocenters. The smallest absolute Gasteiger partial charge is 0.0771 e. The van der Waals surface area contributed by atoms with Crippen molar-refractivity contribution in [3.05, 3.63) is 83.9 Å². The summed E-state index contributed by atoms with van der Waals surface area (Å²) in [4.78, 5) is 2.35. The Morgan fingerprint density at radius 1 is 0.905 bits per heavy atom. The highest BCUT2D eigenvalue weighted by molar-refractivity contribution is 5.23. The van der Waals surface area contributed by atoms with Crippen molar-refractivity contribution >= 4 is 0 Å². The Hall–Kier alpha value is -1.90. The molecule has 0 bridgehead atoms. The lowest BCUT2D eigenvalue weighted by Gasteiger charge is -2.33. The summed E-state index contributed by atoms with van der Waals surface area (Å²) in [6.45, 7) is 1.72. The van der Waals surface area contributed by atoms with Crippen LogP contribution in [0.3, 0.4) is 0 Å². The van der Waals surface area contributed by atoms with Gasteiger partial charge in [0.1, 0.15) is 0 Å². The van der Waals surface area contributed by atoms with Crippen molar-refractivity contribution in [3.63, 3.8) is 0 Å². The van der Waals surface area contributed by atoms with Gasteiger partial charge >= 0.3 is 0 Å². The first-order valence-corrected chi connectivity index (χ1v) is 7.50. The third-order valence-corrected chi connectivity index (χ3v) is 4.01. The zero-order valence-corrected chi connectivity index (χ0v) is 12.1. The summed E-state index contributed by atoms with van der Waals surface area (Å²) in [6.07, 6.45) is 4.60. The zero-order valence-electron chi connectivity index (χ0n) is 12.1. The molecule has 0 spiro atoms. The van der Waals surface area contributed by atoms with Gasteiger partial charge in [0.15, 0.2) is 0 Å². The molecule has 0 aromatic heterocycles. The molecule has 1 N–H and O–H groups in total. The number of hydrogen-bond donors (Lipinski definition) is 1. The monoisotopic (exact) mass is 279 g/mol. The minimum atomic E-state index is -0.366. The molecule has 0 saturated heterocycles. The van der Waals surface area contributed by atoms with Gasteiger partial charge in [-0.2, -0.15) is 0 Å². The first kappa shape index (κ1) is 14.1. The third kappa shape index (κ3) is 3.41. The van der Waals surface area contributed by atoms with Crippen LogP contribution in [-0.2, 0) is 6.54 Å². The molecule has 2 aromatic carbocycles. The molecule has 1 heterocycles. The summed E-state index contributed by atoms with van der Waals surface area (Å²) in [5.41, 5.74) is 2.46. The molecular formula is C19H21NO. The van der Waals surface area contributed by atoms with Crippen LogP contribution in [-0.4, -0.2) is 22.7 Å². The highest BCUT2D eigenvalue weighted by atomic mass is 16.3. The lowest BCUT2D eigenvalue weighted by molar-refractivity contribution is 0.0564. The number of hydrogen-bond acceptors (Lipinski definition) is 2. The summed E-state index contributed by atoms with van der Waals surface area (Å²) in [5.74, 6) is 0. The van der Waals surface area contributed by atoms with Crippen LogP contribution in [0.4, 0.5) is 0 Å². The van der Waals surface area contributed by atoms with Crippen LogP contribution in [0.2, 0.25) is 0 Å². The third-order valence-electron chi connectivity index (χ3n) is 4.01. The highest BCUT2D eigenvalue weighted by Gasteiger charge is 2.28. The van der Waals surface area contributed by atoms with E-state index in [4.69, 9.17) is 0 Å². The molecule has 0 amide bonds. The average molecular weight is 279 g/mol. The highest BCUT2D eigenvalue weighted by Crippen LogP contribution is 2.29. The second-order valence-corrected chi connectivity index (χ2v) is 5.55. The van der Waals surface area contributed by atoms with Crippen molar-refractivity contribution in [2.24, 2.45) is 0 Å².